The molecule has 1 aromatic rings. The molecule has 1 aromatic heterocycles. The number of ether oxygens (including phenoxy) is 1. The van der Waals surface area contributed by atoms with Crippen molar-refractivity contribution in [2.75, 3.05) is 0 Å². The third kappa shape index (κ3) is 2.92. The minimum Gasteiger partial charge on any atom is -0.472 e. The summed E-state index contributed by atoms with van der Waals surface area (Å²) < 4.78 is 6.60. The lowest BCUT2D eigenvalue weighted by Gasteiger charge is -2.27. The molecular formula is C11H14BrNO2. The molecule has 0 amide bonds. The SMILES string of the molecule is O[C@H]1CCCC[C@H]1Oc1cc(Br)ccn1. The second-order valence-electron chi connectivity index (χ2n) is 3.82. The molecular weight excluding hydrogens is 258 g/mol. The predicted octanol–water partition coefficient (Wildman–Crippen LogP) is 2.53. The van der Waals surface area contributed by atoms with Gasteiger partial charge in [-0.05, 0) is 25.3 Å². The average Bonchev–Trinajstić information content (AvgIpc) is 2.22. The summed E-state index contributed by atoms with van der Waals surface area (Å²) in [6, 6.07) is 3.67. The number of hydrogen-bond donors (Lipinski definition) is 1. The van der Waals surface area contributed by atoms with Gasteiger partial charge in [0.2, 0.25) is 5.88 Å². The van der Waals surface area contributed by atoms with E-state index in [1.165, 1.54) is 0 Å². The van der Waals surface area contributed by atoms with Crippen molar-refractivity contribution in [1.82, 2.24) is 4.98 Å². The Morgan fingerprint density at radius 2 is 2.20 bits per heavy atom. The monoisotopic (exact) mass is 271 g/mol. The lowest BCUT2D eigenvalue weighted by molar-refractivity contribution is 0.00448. The van der Waals surface area contributed by atoms with Gasteiger partial charge in [0, 0.05) is 16.7 Å². The van der Waals surface area contributed by atoms with Gasteiger partial charge in [0.05, 0.1) is 6.10 Å². The van der Waals surface area contributed by atoms with Gasteiger partial charge >= 0.3 is 0 Å². The molecule has 1 aliphatic carbocycles. The zero-order valence-corrected chi connectivity index (χ0v) is 9.98. The molecule has 0 saturated heterocycles. The molecule has 0 bridgehead atoms. The van der Waals surface area contributed by atoms with E-state index in [1.54, 1.807) is 6.20 Å². The number of aromatic nitrogens is 1. The molecule has 1 heterocycles. The Morgan fingerprint density at radius 1 is 1.40 bits per heavy atom. The second kappa shape index (κ2) is 4.94. The van der Waals surface area contributed by atoms with Crippen LogP contribution in [0.1, 0.15) is 25.7 Å². The normalized spacial score (nSPS) is 26.3. The van der Waals surface area contributed by atoms with Crippen LogP contribution in [0.3, 0.4) is 0 Å². The van der Waals surface area contributed by atoms with E-state index in [1.807, 2.05) is 12.1 Å². The van der Waals surface area contributed by atoms with Gasteiger partial charge in [-0.3, -0.25) is 0 Å². The summed E-state index contributed by atoms with van der Waals surface area (Å²) in [7, 11) is 0. The minimum absolute atomic E-state index is 0.0967. The van der Waals surface area contributed by atoms with Gasteiger partial charge in [0.15, 0.2) is 0 Å². The van der Waals surface area contributed by atoms with Gasteiger partial charge in [-0.25, -0.2) is 4.98 Å². The highest BCUT2D eigenvalue weighted by atomic mass is 79.9. The first-order chi connectivity index (χ1) is 7.25. The molecule has 0 unspecified atom stereocenters. The van der Waals surface area contributed by atoms with Crippen molar-refractivity contribution in [1.29, 1.82) is 0 Å². The fourth-order valence-corrected chi connectivity index (χ4v) is 2.13. The van der Waals surface area contributed by atoms with E-state index >= 15 is 0 Å². The number of pyridine rings is 1. The van der Waals surface area contributed by atoms with Crippen molar-refractivity contribution >= 4 is 15.9 Å². The summed E-state index contributed by atoms with van der Waals surface area (Å²) in [4.78, 5) is 4.10. The van der Waals surface area contributed by atoms with E-state index in [2.05, 4.69) is 20.9 Å². The largest absolute Gasteiger partial charge is 0.472 e. The van der Waals surface area contributed by atoms with Gasteiger partial charge in [0.1, 0.15) is 6.10 Å². The maximum Gasteiger partial charge on any atom is 0.214 e. The van der Waals surface area contributed by atoms with E-state index in [4.69, 9.17) is 4.74 Å². The first kappa shape index (κ1) is 10.9. The lowest BCUT2D eigenvalue weighted by atomic mass is 9.95. The number of rotatable bonds is 2. The Labute approximate surface area is 97.6 Å². The first-order valence-corrected chi connectivity index (χ1v) is 6.01. The van der Waals surface area contributed by atoms with Gasteiger partial charge in [0.25, 0.3) is 0 Å². The van der Waals surface area contributed by atoms with Crippen LogP contribution in [0.25, 0.3) is 0 Å². The first-order valence-electron chi connectivity index (χ1n) is 5.22. The summed E-state index contributed by atoms with van der Waals surface area (Å²) in [6.45, 7) is 0. The van der Waals surface area contributed by atoms with Crippen LogP contribution in [0.15, 0.2) is 22.8 Å². The van der Waals surface area contributed by atoms with Gasteiger partial charge in [-0.2, -0.15) is 0 Å². The van der Waals surface area contributed by atoms with Crippen molar-refractivity contribution in [2.45, 2.75) is 37.9 Å². The molecule has 4 heteroatoms. The number of aliphatic hydroxyl groups is 1. The highest BCUT2D eigenvalue weighted by Gasteiger charge is 2.24. The summed E-state index contributed by atoms with van der Waals surface area (Å²) >= 11 is 3.36. The van der Waals surface area contributed by atoms with Crippen LogP contribution in [0.2, 0.25) is 0 Å². The Kier molecular flexibility index (Phi) is 3.59. The smallest absolute Gasteiger partial charge is 0.214 e. The van der Waals surface area contributed by atoms with E-state index in [9.17, 15) is 5.11 Å². The van der Waals surface area contributed by atoms with Crippen molar-refractivity contribution in [3.05, 3.63) is 22.8 Å². The number of halogens is 1. The summed E-state index contributed by atoms with van der Waals surface area (Å²) in [5, 5.41) is 9.74. The average molecular weight is 272 g/mol. The fraction of sp³-hybridized carbons (Fsp3) is 0.545. The van der Waals surface area contributed by atoms with Crippen LogP contribution in [0.5, 0.6) is 5.88 Å². The molecule has 1 fully saturated rings. The maximum absolute atomic E-state index is 9.74. The van der Waals surface area contributed by atoms with Crippen molar-refractivity contribution in [2.24, 2.45) is 0 Å². The lowest BCUT2D eigenvalue weighted by Crippen LogP contribution is -2.34. The molecule has 15 heavy (non-hydrogen) atoms. The molecule has 0 radical (unpaired) electrons. The highest BCUT2D eigenvalue weighted by molar-refractivity contribution is 9.10. The zero-order chi connectivity index (χ0) is 10.7. The molecule has 0 aromatic carbocycles. The van der Waals surface area contributed by atoms with Crippen LogP contribution in [0, 0.1) is 0 Å². The number of aliphatic hydroxyl groups excluding tert-OH is 1. The minimum atomic E-state index is -0.348. The third-order valence-electron chi connectivity index (χ3n) is 2.64. The fourth-order valence-electron chi connectivity index (χ4n) is 1.82. The molecule has 1 aliphatic rings. The van der Waals surface area contributed by atoms with E-state index in [-0.39, 0.29) is 12.2 Å². The van der Waals surface area contributed by atoms with Gasteiger partial charge in [-0.15, -0.1) is 0 Å². The third-order valence-corrected chi connectivity index (χ3v) is 3.13. The second-order valence-corrected chi connectivity index (χ2v) is 4.74. The molecule has 0 spiro atoms. The molecule has 1 saturated carbocycles. The van der Waals surface area contributed by atoms with Crippen LogP contribution in [-0.4, -0.2) is 22.3 Å². The molecule has 3 nitrogen and oxygen atoms in total. The van der Waals surface area contributed by atoms with Crippen molar-refractivity contribution < 1.29 is 9.84 Å². The molecule has 0 aliphatic heterocycles. The molecule has 82 valence electrons. The van der Waals surface area contributed by atoms with E-state index < -0.39 is 0 Å². The van der Waals surface area contributed by atoms with Crippen LogP contribution >= 0.6 is 15.9 Å². The van der Waals surface area contributed by atoms with Crippen molar-refractivity contribution in [3.63, 3.8) is 0 Å². The topological polar surface area (TPSA) is 42.4 Å². The van der Waals surface area contributed by atoms with Crippen LogP contribution < -0.4 is 4.74 Å². The van der Waals surface area contributed by atoms with E-state index in [0.29, 0.717) is 5.88 Å². The number of nitrogens with zero attached hydrogens (tertiary/aromatic N) is 1. The summed E-state index contributed by atoms with van der Waals surface area (Å²) in [5.74, 6) is 0.579. The number of hydrogen-bond acceptors (Lipinski definition) is 3. The Balaban J connectivity index is 2.01. The van der Waals surface area contributed by atoms with E-state index in [0.717, 1.165) is 30.2 Å². The van der Waals surface area contributed by atoms with Crippen LogP contribution in [0.4, 0.5) is 0 Å². The van der Waals surface area contributed by atoms with Crippen LogP contribution in [-0.2, 0) is 0 Å². The molecule has 2 atom stereocenters. The van der Waals surface area contributed by atoms with Gasteiger partial charge < -0.3 is 9.84 Å². The maximum atomic E-state index is 9.74. The predicted molar refractivity (Wildman–Crippen MR) is 60.8 cm³/mol. The Morgan fingerprint density at radius 3 is 2.93 bits per heavy atom. The molecule has 1 N–H and O–H groups in total. The highest BCUT2D eigenvalue weighted by Crippen LogP contribution is 2.24. The summed E-state index contributed by atoms with van der Waals surface area (Å²) in [6.07, 6.45) is 5.20. The standard InChI is InChI=1S/C11H14BrNO2/c12-8-5-6-13-11(7-8)15-10-4-2-1-3-9(10)14/h5-7,9-10,14H,1-4H2/t9-,10+/m0/s1. The molecule has 2 rings (SSSR count). The van der Waals surface area contributed by atoms with Crippen molar-refractivity contribution in [3.8, 4) is 5.88 Å². The zero-order valence-electron chi connectivity index (χ0n) is 8.40. The Bertz CT molecular complexity index is 332. The Hall–Kier alpha value is -0.610. The summed E-state index contributed by atoms with van der Waals surface area (Å²) in [5.41, 5.74) is 0. The quantitative estimate of drug-likeness (QED) is 0.899. The van der Waals surface area contributed by atoms with Gasteiger partial charge in [-0.1, -0.05) is 22.4 Å².